The highest BCUT2D eigenvalue weighted by molar-refractivity contribution is 9.10. The van der Waals surface area contributed by atoms with Crippen LogP contribution in [0.3, 0.4) is 0 Å². The number of nitrogens with two attached hydrogens (primary N) is 1. The Kier molecular flexibility index (Phi) is 4.31. The minimum atomic E-state index is -1.10. The fourth-order valence-electron chi connectivity index (χ4n) is 1.40. The molecule has 0 saturated heterocycles. The normalized spacial score (nSPS) is 10.7. The molecule has 102 valence electrons. The van der Waals surface area contributed by atoms with Gasteiger partial charge < -0.3 is 10.2 Å². The Morgan fingerprint density at radius 1 is 1.20 bits per heavy atom. The maximum Gasteiger partial charge on any atom is 0.329 e. The lowest BCUT2D eigenvalue weighted by Gasteiger charge is -1.96. The average molecular weight is 336 g/mol. The van der Waals surface area contributed by atoms with Gasteiger partial charge in [-0.1, -0.05) is 28.1 Å². The van der Waals surface area contributed by atoms with Crippen molar-refractivity contribution in [2.45, 2.75) is 0 Å². The van der Waals surface area contributed by atoms with Crippen molar-refractivity contribution >= 4 is 34.0 Å². The third kappa shape index (κ3) is 3.55. The first-order chi connectivity index (χ1) is 9.56. The Balaban J connectivity index is 2.06. The van der Waals surface area contributed by atoms with Gasteiger partial charge in [0.05, 0.1) is 6.21 Å². The van der Waals surface area contributed by atoms with Crippen LogP contribution in [0.4, 0.5) is 0 Å². The van der Waals surface area contributed by atoms with E-state index in [4.69, 9.17) is 10.2 Å². The second-order valence-corrected chi connectivity index (χ2v) is 4.69. The van der Waals surface area contributed by atoms with E-state index in [1.807, 2.05) is 29.7 Å². The standard InChI is InChI=1S/C13H10BrN3O3/c14-9-3-1-8(2-4-9)11-6-5-10(20-11)7-16-17-13(19)12(15)18/h1-7H,(H2,15,18)(H,17,19)/b16-7-. The summed E-state index contributed by atoms with van der Waals surface area (Å²) >= 11 is 3.35. The van der Waals surface area contributed by atoms with Crippen LogP contribution in [0.15, 0.2) is 50.4 Å². The van der Waals surface area contributed by atoms with E-state index in [-0.39, 0.29) is 0 Å². The molecule has 20 heavy (non-hydrogen) atoms. The lowest BCUT2D eigenvalue weighted by atomic mass is 10.2. The number of primary amides is 1. The van der Waals surface area contributed by atoms with Crippen LogP contribution in [0.1, 0.15) is 5.76 Å². The summed E-state index contributed by atoms with van der Waals surface area (Å²) in [5.74, 6) is -0.981. The highest BCUT2D eigenvalue weighted by Gasteiger charge is 2.06. The molecule has 2 aromatic rings. The molecule has 2 amide bonds. The molecule has 2 rings (SSSR count). The van der Waals surface area contributed by atoms with Crippen molar-refractivity contribution < 1.29 is 14.0 Å². The molecule has 1 aromatic heterocycles. The van der Waals surface area contributed by atoms with Gasteiger partial charge in [0, 0.05) is 10.0 Å². The predicted molar refractivity (Wildman–Crippen MR) is 76.8 cm³/mol. The SMILES string of the molecule is NC(=O)C(=O)N/N=C\c1ccc(-c2ccc(Br)cc2)o1. The topological polar surface area (TPSA) is 97.7 Å². The van der Waals surface area contributed by atoms with Crippen molar-refractivity contribution in [2.75, 3.05) is 0 Å². The van der Waals surface area contributed by atoms with Crippen LogP contribution in [-0.4, -0.2) is 18.0 Å². The summed E-state index contributed by atoms with van der Waals surface area (Å²) in [4.78, 5) is 21.3. The number of nitrogens with zero attached hydrogens (tertiary/aromatic N) is 1. The minimum absolute atomic E-state index is 0.438. The van der Waals surface area contributed by atoms with Gasteiger partial charge in [-0.2, -0.15) is 5.10 Å². The lowest BCUT2D eigenvalue weighted by molar-refractivity contribution is -0.137. The van der Waals surface area contributed by atoms with Gasteiger partial charge in [-0.25, -0.2) is 5.43 Å². The van der Waals surface area contributed by atoms with E-state index in [2.05, 4.69) is 21.0 Å². The molecule has 7 heteroatoms. The van der Waals surface area contributed by atoms with Crippen molar-refractivity contribution in [3.05, 3.63) is 46.6 Å². The van der Waals surface area contributed by atoms with Gasteiger partial charge in [0.1, 0.15) is 11.5 Å². The molecule has 1 heterocycles. The molecule has 1 aromatic carbocycles. The number of rotatable bonds is 3. The first-order valence-corrected chi connectivity index (χ1v) is 6.34. The maximum absolute atomic E-state index is 10.9. The largest absolute Gasteiger partial charge is 0.455 e. The number of carbonyl (C=O) groups excluding carboxylic acids is 2. The first kappa shape index (κ1) is 14.0. The average Bonchev–Trinajstić information content (AvgIpc) is 2.88. The predicted octanol–water partition coefficient (Wildman–Crippen LogP) is 1.64. The highest BCUT2D eigenvalue weighted by Crippen LogP contribution is 2.23. The lowest BCUT2D eigenvalue weighted by Crippen LogP contribution is -2.32. The van der Waals surface area contributed by atoms with Gasteiger partial charge in [-0.05, 0) is 24.3 Å². The van der Waals surface area contributed by atoms with Gasteiger partial charge in [0.2, 0.25) is 0 Å². The Morgan fingerprint density at radius 3 is 2.55 bits per heavy atom. The fourth-order valence-corrected chi connectivity index (χ4v) is 1.67. The zero-order chi connectivity index (χ0) is 14.5. The monoisotopic (exact) mass is 335 g/mol. The highest BCUT2D eigenvalue weighted by atomic mass is 79.9. The van der Waals surface area contributed by atoms with Crippen molar-refractivity contribution in [3.63, 3.8) is 0 Å². The van der Waals surface area contributed by atoms with Crippen molar-refractivity contribution in [1.29, 1.82) is 0 Å². The van der Waals surface area contributed by atoms with Crippen molar-refractivity contribution in [2.24, 2.45) is 10.8 Å². The van der Waals surface area contributed by atoms with Crippen molar-refractivity contribution in [3.8, 4) is 11.3 Å². The quantitative estimate of drug-likeness (QED) is 0.506. The van der Waals surface area contributed by atoms with E-state index in [1.165, 1.54) is 6.21 Å². The van der Waals surface area contributed by atoms with Gasteiger partial charge in [-0.3, -0.25) is 9.59 Å². The molecule has 0 aliphatic carbocycles. The number of benzene rings is 1. The number of hydrogen-bond acceptors (Lipinski definition) is 4. The third-order valence-electron chi connectivity index (χ3n) is 2.34. The van der Waals surface area contributed by atoms with Gasteiger partial charge in [-0.15, -0.1) is 0 Å². The summed E-state index contributed by atoms with van der Waals surface area (Å²) < 4.78 is 6.50. The van der Waals surface area contributed by atoms with E-state index in [1.54, 1.807) is 12.1 Å². The first-order valence-electron chi connectivity index (χ1n) is 5.55. The zero-order valence-electron chi connectivity index (χ0n) is 10.2. The number of hydrogen-bond donors (Lipinski definition) is 2. The molecule has 0 unspecified atom stereocenters. The van der Waals surface area contributed by atoms with Crippen LogP contribution in [0, 0.1) is 0 Å². The number of carbonyl (C=O) groups is 2. The second-order valence-electron chi connectivity index (χ2n) is 3.77. The smallest absolute Gasteiger partial charge is 0.329 e. The number of nitrogens with one attached hydrogen (secondary N) is 1. The molecule has 3 N–H and O–H groups in total. The molecule has 0 aliphatic rings. The number of hydrazone groups is 1. The van der Waals surface area contributed by atoms with Crippen LogP contribution in [-0.2, 0) is 9.59 Å². The Labute approximate surface area is 122 Å². The Bertz CT molecular complexity index is 662. The summed E-state index contributed by atoms with van der Waals surface area (Å²) in [7, 11) is 0. The second kappa shape index (κ2) is 6.16. The van der Waals surface area contributed by atoms with E-state index < -0.39 is 11.8 Å². The van der Waals surface area contributed by atoms with Crippen LogP contribution >= 0.6 is 15.9 Å². The zero-order valence-corrected chi connectivity index (χ0v) is 11.8. The number of amides is 2. The summed E-state index contributed by atoms with van der Waals surface area (Å²) in [6, 6.07) is 11.1. The molecule has 0 aliphatic heterocycles. The number of furan rings is 1. The molecule has 0 bridgehead atoms. The van der Waals surface area contributed by atoms with Gasteiger partial charge in [0.15, 0.2) is 0 Å². The molecule has 6 nitrogen and oxygen atoms in total. The Hall–Kier alpha value is -2.41. The molecule has 0 radical (unpaired) electrons. The van der Waals surface area contributed by atoms with Crippen LogP contribution in [0.5, 0.6) is 0 Å². The van der Waals surface area contributed by atoms with Crippen LogP contribution < -0.4 is 11.2 Å². The minimum Gasteiger partial charge on any atom is -0.455 e. The van der Waals surface area contributed by atoms with Gasteiger partial charge >= 0.3 is 11.8 Å². The summed E-state index contributed by atoms with van der Waals surface area (Å²) in [5.41, 5.74) is 7.64. The van der Waals surface area contributed by atoms with E-state index in [0.29, 0.717) is 11.5 Å². The third-order valence-corrected chi connectivity index (χ3v) is 2.87. The molecule has 0 atom stereocenters. The summed E-state index contributed by atoms with van der Waals surface area (Å²) in [5, 5.41) is 3.56. The molecule has 0 saturated carbocycles. The molecule has 0 spiro atoms. The maximum atomic E-state index is 10.9. The van der Waals surface area contributed by atoms with E-state index in [9.17, 15) is 9.59 Å². The van der Waals surface area contributed by atoms with E-state index in [0.717, 1.165) is 10.0 Å². The summed E-state index contributed by atoms with van der Waals surface area (Å²) in [6.45, 7) is 0. The van der Waals surface area contributed by atoms with E-state index >= 15 is 0 Å². The Morgan fingerprint density at radius 2 is 1.90 bits per heavy atom. The van der Waals surface area contributed by atoms with Crippen molar-refractivity contribution in [1.82, 2.24) is 5.43 Å². The van der Waals surface area contributed by atoms with Crippen LogP contribution in [0.25, 0.3) is 11.3 Å². The van der Waals surface area contributed by atoms with Gasteiger partial charge in [0.25, 0.3) is 0 Å². The molecular weight excluding hydrogens is 326 g/mol. The molecule has 0 fully saturated rings. The fraction of sp³-hybridized carbons (Fsp3) is 0. The summed E-state index contributed by atoms with van der Waals surface area (Å²) in [6.07, 6.45) is 1.28. The number of halogens is 1. The molecular formula is C13H10BrN3O3. The van der Waals surface area contributed by atoms with Crippen LogP contribution in [0.2, 0.25) is 0 Å².